The zero-order valence-electron chi connectivity index (χ0n) is 14.7. The van der Waals surface area contributed by atoms with Gasteiger partial charge in [0.25, 0.3) is 5.56 Å². The zero-order chi connectivity index (χ0) is 20.4. The molecule has 9 nitrogen and oxygen atoms in total. The second kappa shape index (κ2) is 7.87. The molecule has 0 atom stereocenters. The molecule has 0 aliphatic heterocycles. The second-order valence-electron chi connectivity index (χ2n) is 5.76. The molecule has 142 valence electrons. The summed E-state index contributed by atoms with van der Waals surface area (Å²) < 4.78 is 26.6. The van der Waals surface area contributed by atoms with Gasteiger partial charge in [0.15, 0.2) is 0 Å². The molecule has 0 unspecified atom stereocenters. The van der Waals surface area contributed by atoms with Gasteiger partial charge >= 0.3 is 0 Å². The van der Waals surface area contributed by atoms with E-state index in [0.717, 1.165) is 15.2 Å². The van der Waals surface area contributed by atoms with Crippen molar-refractivity contribution in [2.45, 2.75) is 18.4 Å². The van der Waals surface area contributed by atoms with Gasteiger partial charge in [-0.3, -0.25) is 9.59 Å². The Kier molecular flexibility index (Phi) is 6.00. The standard InChI is InChI=1S/C16H16ClN5O4S/c1-10-4-5-11(6-14(10)27(25,26)21(2)3)20-15(23)9-22-16(24)12(7-18)13(17)8-19-22/h4-6,8H,9H2,1-3H3,(H,20,23). The molecule has 2 aromatic rings. The van der Waals surface area contributed by atoms with E-state index in [4.69, 9.17) is 16.9 Å². The third-order valence-electron chi connectivity index (χ3n) is 3.63. The van der Waals surface area contributed by atoms with Crippen molar-refractivity contribution >= 4 is 33.2 Å². The number of hydrogen-bond acceptors (Lipinski definition) is 6. The number of benzene rings is 1. The lowest BCUT2D eigenvalue weighted by Crippen LogP contribution is -2.31. The third-order valence-corrected chi connectivity index (χ3v) is 5.88. The maximum atomic E-state index is 12.3. The summed E-state index contributed by atoms with van der Waals surface area (Å²) in [5.74, 6) is -0.618. The monoisotopic (exact) mass is 409 g/mol. The lowest BCUT2D eigenvalue weighted by molar-refractivity contribution is -0.117. The first kappa shape index (κ1) is 20.6. The van der Waals surface area contributed by atoms with E-state index in [0.29, 0.717) is 5.56 Å². The fraction of sp³-hybridized carbons (Fsp3) is 0.250. The number of sulfonamides is 1. The molecule has 27 heavy (non-hydrogen) atoms. The van der Waals surface area contributed by atoms with Crippen molar-refractivity contribution in [2.75, 3.05) is 19.4 Å². The van der Waals surface area contributed by atoms with Gasteiger partial charge in [-0.05, 0) is 24.6 Å². The summed E-state index contributed by atoms with van der Waals surface area (Å²) in [4.78, 5) is 24.3. The summed E-state index contributed by atoms with van der Waals surface area (Å²) in [5.41, 5.74) is -0.335. The molecule has 1 amide bonds. The Hall–Kier alpha value is -2.74. The zero-order valence-corrected chi connectivity index (χ0v) is 16.3. The van der Waals surface area contributed by atoms with E-state index in [1.54, 1.807) is 25.1 Å². The van der Waals surface area contributed by atoms with Crippen LogP contribution in [0.15, 0.2) is 34.1 Å². The topological polar surface area (TPSA) is 125 Å². The first-order valence-corrected chi connectivity index (χ1v) is 9.38. The number of anilines is 1. The Morgan fingerprint density at radius 3 is 2.67 bits per heavy atom. The van der Waals surface area contributed by atoms with E-state index in [1.165, 1.54) is 20.2 Å². The molecule has 1 heterocycles. The average molecular weight is 410 g/mol. The molecular weight excluding hydrogens is 394 g/mol. The smallest absolute Gasteiger partial charge is 0.286 e. The minimum Gasteiger partial charge on any atom is -0.324 e. The SMILES string of the molecule is Cc1ccc(NC(=O)Cn2ncc(Cl)c(C#N)c2=O)cc1S(=O)(=O)N(C)C. The van der Waals surface area contributed by atoms with E-state index in [9.17, 15) is 18.0 Å². The highest BCUT2D eigenvalue weighted by Gasteiger charge is 2.20. The number of hydrogen-bond donors (Lipinski definition) is 1. The number of aromatic nitrogens is 2. The normalized spacial score (nSPS) is 11.3. The van der Waals surface area contributed by atoms with Gasteiger partial charge in [-0.15, -0.1) is 0 Å². The van der Waals surface area contributed by atoms with Crippen LogP contribution in [0.5, 0.6) is 0 Å². The summed E-state index contributed by atoms with van der Waals surface area (Å²) in [5, 5.41) is 15.1. The van der Waals surface area contributed by atoms with Crippen LogP contribution in [0.25, 0.3) is 0 Å². The van der Waals surface area contributed by atoms with Gasteiger partial charge in [0.1, 0.15) is 18.2 Å². The van der Waals surface area contributed by atoms with E-state index in [-0.39, 0.29) is 21.2 Å². The fourth-order valence-corrected chi connectivity index (χ4v) is 3.48. The van der Waals surface area contributed by atoms with E-state index in [2.05, 4.69) is 10.4 Å². The van der Waals surface area contributed by atoms with Gasteiger partial charge in [-0.25, -0.2) is 17.4 Å². The maximum absolute atomic E-state index is 12.3. The lowest BCUT2D eigenvalue weighted by Gasteiger charge is -2.15. The fourth-order valence-electron chi connectivity index (χ4n) is 2.17. The Bertz CT molecular complexity index is 1100. The maximum Gasteiger partial charge on any atom is 0.286 e. The minimum absolute atomic E-state index is 0.0545. The van der Waals surface area contributed by atoms with Gasteiger partial charge in [0, 0.05) is 19.8 Å². The summed E-state index contributed by atoms with van der Waals surface area (Å²) in [6, 6.07) is 6.10. The number of nitrogens with zero attached hydrogens (tertiary/aromatic N) is 4. The van der Waals surface area contributed by atoms with Crippen LogP contribution in [0.2, 0.25) is 5.02 Å². The number of rotatable bonds is 5. The molecule has 1 N–H and O–H groups in total. The molecule has 1 aromatic heterocycles. The number of amides is 1. The summed E-state index contributed by atoms with van der Waals surface area (Å²) >= 11 is 5.71. The highest BCUT2D eigenvalue weighted by molar-refractivity contribution is 7.89. The molecule has 0 saturated carbocycles. The van der Waals surface area contributed by atoms with Gasteiger partial charge in [-0.2, -0.15) is 10.4 Å². The molecule has 0 radical (unpaired) electrons. The lowest BCUT2D eigenvalue weighted by atomic mass is 10.2. The van der Waals surface area contributed by atoms with Crippen molar-refractivity contribution in [2.24, 2.45) is 0 Å². The Morgan fingerprint density at radius 2 is 2.07 bits per heavy atom. The van der Waals surface area contributed by atoms with Crippen LogP contribution in [-0.2, 0) is 21.4 Å². The average Bonchev–Trinajstić information content (AvgIpc) is 2.59. The molecule has 1 aromatic carbocycles. The van der Waals surface area contributed by atoms with Crippen molar-refractivity contribution < 1.29 is 13.2 Å². The number of carbonyl (C=O) groups is 1. The number of aryl methyl sites for hydroxylation is 1. The molecule has 0 aliphatic carbocycles. The number of nitrogens with one attached hydrogen (secondary N) is 1. The molecule has 0 aliphatic rings. The quantitative estimate of drug-likeness (QED) is 0.784. The highest BCUT2D eigenvalue weighted by Crippen LogP contribution is 2.22. The Labute approximate surface area is 160 Å². The predicted molar refractivity (Wildman–Crippen MR) is 98.9 cm³/mol. The van der Waals surface area contributed by atoms with Crippen molar-refractivity contribution in [3.63, 3.8) is 0 Å². The molecule has 0 spiro atoms. The number of halogens is 1. The minimum atomic E-state index is -3.68. The Morgan fingerprint density at radius 1 is 1.41 bits per heavy atom. The molecule has 0 fully saturated rings. The van der Waals surface area contributed by atoms with Crippen molar-refractivity contribution in [3.8, 4) is 6.07 Å². The highest BCUT2D eigenvalue weighted by atomic mass is 35.5. The number of carbonyl (C=O) groups excluding carboxylic acids is 1. The predicted octanol–water partition coefficient (Wildman–Crippen LogP) is 0.966. The van der Waals surface area contributed by atoms with E-state index in [1.807, 2.05) is 0 Å². The van der Waals surface area contributed by atoms with Crippen molar-refractivity contribution in [1.29, 1.82) is 5.26 Å². The number of nitriles is 1. The van der Waals surface area contributed by atoms with Gasteiger partial charge in [-0.1, -0.05) is 17.7 Å². The summed E-state index contributed by atoms with van der Waals surface area (Å²) in [6.07, 6.45) is 1.10. The van der Waals surface area contributed by atoms with E-state index >= 15 is 0 Å². The molecule has 2 rings (SSSR count). The van der Waals surface area contributed by atoms with Crippen LogP contribution >= 0.6 is 11.6 Å². The third kappa shape index (κ3) is 4.33. The largest absolute Gasteiger partial charge is 0.324 e. The molecular formula is C16H16ClN5O4S. The first-order chi connectivity index (χ1) is 12.6. The molecule has 11 heteroatoms. The second-order valence-corrected chi connectivity index (χ2v) is 8.29. The summed E-state index contributed by atoms with van der Waals surface area (Å²) in [7, 11) is -0.865. The Balaban J connectivity index is 2.28. The van der Waals surface area contributed by atoms with Crippen LogP contribution in [0.1, 0.15) is 11.1 Å². The van der Waals surface area contributed by atoms with Crippen LogP contribution in [-0.4, -0.2) is 42.5 Å². The first-order valence-electron chi connectivity index (χ1n) is 7.56. The van der Waals surface area contributed by atoms with Crippen molar-refractivity contribution in [1.82, 2.24) is 14.1 Å². The molecule has 0 saturated heterocycles. The van der Waals surface area contributed by atoms with E-state index < -0.39 is 28.0 Å². The van der Waals surface area contributed by atoms with Crippen LogP contribution in [0.3, 0.4) is 0 Å². The van der Waals surface area contributed by atoms with Gasteiger partial charge in [0.2, 0.25) is 15.9 Å². The molecule has 0 bridgehead atoms. The van der Waals surface area contributed by atoms with Crippen LogP contribution in [0, 0.1) is 18.3 Å². The van der Waals surface area contributed by atoms with Gasteiger partial charge in [0.05, 0.1) is 16.1 Å². The van der Waals surface area contributed by atoms with Crippen LogP contribution in [0.4, 0.5) is 5.69 Å². The summed E-state index contributed by atoms with van der Waals surface area (Å²) in [6.45, 7) is 1.18. The van der Waals surface area contributed by atoms with Crippen molar-refractivity contribution in [3.05, 3.63) is 50.9 Å². The van der Waals surface area contributed by atoms with Gasteiger partial charge < -0.3 is 5.32 Å². The van der Waals surface area contributed by atoms with Crippen LogP contribution < -0.4 is 10.9 Å².